The van der Waals surface area contributed by atoms with Gasteiger partial charge in [-0.05, 0) is 49.9 Å². The maximum atomic E-state index is 9.65. The van der Waals surface area contributed by atoms with Crippen molar-refractivity contribution in [2.75, 3.05) is 75.4 Å². The van der Waals surface area contributed by atoms with Crippen molar-refractivity contribution < 1.29 is 14.2 Å². The molecule has 5 rings (SSSR count). The smallest absolute Gasteiger partial charge is 0.233 e. The summed E-state index contributed by atoms with van der Waals surface area (Å²) in [6, 6.07) is 10.4. The number of pyridine rings is 1. The summed E-state index contributed by atoms with van der Waals surface area (Å²) in [4.78, 5) is 11.8. The molecule has 3 aliphatic rings. The minimum Gasteiger partial charge on any atom is -0.486 e. The quantitative estimate of drug-likeness (QED) is 0.647. The first kappa shape index (κ1) is 22.6. The summed E-state index contributed by atoms with van der Waals surface area (Å²) in [5.41, 5.74) is 2.58. The monoisotopic (exact) mass is 463 g/mol. The largest absolute Gasteiger partial charge is 0.486 e. The first-order chi connectivity index (χ1) is 16.7. The summed E-state index contributed by atoms with van der Waals surface area (Å²) in [5, 5.41) is 9.65. The van der Waals surface area contributed by atoms with Gasteiger partial charge in [-0.15, -0.1) is 0 Å². The van der Waals surface area contributed by atoms with Crippen LogP contribution in [0.3, 0.4) is 0 Å². The molecule has 2 fully saturated rings. The Bertz CT molecular complexity index is 1040. The number of para-hydroxylation sites is 1. The molecule has 0 unspecified atom stereocenters. The lowest BCUT2D eigenvalue weighted by Crippen LogP contribution is -2.47. The van der Waals surface area contributed by atoms with Crippen molar-refractivity contribution in [2.45, 2.75) is 26.2 Å². The second-order valence-corrected chi connectivity index (χ2v) is 9.12. The molecule has 0 spiro atoms. The van der Waals surface area contributed by atoms with E-state index in [4.69, 9.17) is 19.2 Å². The van der Waals surface area contributed by atoms with Crippen molar-refractivity contribution in [3.05, 3.63) is 35.4 Å². The molecule has 2 saturated heterocycles. The van der Waals surface area contributed by atoms with Crippen LogP contribution >= 0.6 is 0 Å². The van der Waals surface area contributed by atoms with Crippen LogP contribution in [0.15, 0.2) is 24.3 Å². The van der Waals surface area contributed by atoms with Gasteiger partial charge in [0.15, 0.2) is 11.5 Å². The van der Waals surface area contributed by atoms with Crippen LogP contribution < -0.4 is 24.0 Å². The SMILES string of the molecule is Cc1cc(N2CCCCC2)nc(OCCN2CCN(c3cccc4c3OCCO4)CC2)c1C#N. The third-order valence-electron chi connectivity index (χ3n) is 6.87. The number of aromatic nitrogens is 1. The van der Waals surface area contributed by atoms with E-state index in [1.54, 1.807) is 0 Å². The van der Waals surface area contributed by atoms with Gasteiger partial charge >= 0.3 is 0 Å². The molecule has 0 aliphatic carbocycles. The first-order valence-electron chi connectivity index (χ1n) is 12.4. The second-order valence-electron chi connectivity index (χ2n) is 9.12. The van der Waals surface area contributed by atoms with E-state index < -0.39 is 0 Å². The summed E-state index contributed by atoms with van der Waals surface area (Å²) in [5.74, 6) is 3.10. The molecule has 4 heterocycles. The van der Waals surface area contributed by atoms with Gasteiger partial charge in [-0.3, -0.25) is 4.90 Å². The van der Waals surface area contributed by atoms with Crippen molar-refractivity contribution in [1.82, 2.24) is 9.88 Å². The van der Waals surface area contributed by atoms with E-state index in [9.17, 15) is 5.26 Å². The Morgan fingerprint density at radius 3 is 2.59 bits per heavy atom. The van der Waals surface area contributed by atoms with Crippen LogP contribution in [0.25, 0.3) is 0 Å². The van der Waals surface area contributed by atoms with Crippen LogP contribution in [0.1, 0.15) is 30.4 Å². The Kier molecular flexibility index (Phi) is 6.91. The van der Waals surface area contributed by atoms with Crippen LogP contribution in [0.5, 0.6) is 17.4 Å². The van der Waals surface area contributed by atoms with Crippen molar-refractivity contribution >= 4 is 11.5 Å². The summed E-state index contributed by atoms with van der Waals surface area (Å²) >= 11 is 0. The number of anilines is 2. The molecule has 1 aromatic carbocycles. The fourth-order valence-electron chi connectivity index (χ4n) is 4.94. The minimum atomic E-state index is 0.467. The van der Waals surface area contributed by atoms with Crippen LogP contribution in [0, 0.1) is 18.3 Å². The third-order valence-corrected chi connectivity index (χ3v) is 6.87. The standard InChI is InChI=1S/C26H33N5O3/c1-20-18-24(31-8-3-2-4-9-31)28-26(21(20)19-27)34-15-14-29-10-12-30(13-11-29)22-6-5-7-23-25(22)33-17-16-32-23/h5-7,18H,2-4,8-17H2,1H3. The predicted molar refractivity (Wildman–Crippen MR) is 131 cm³/mol. The molecule has 8 nitrogen and oxygen atoms in total. The second kappa shape index (κ2) is 10.4. The number of nitrogens with zero attached hydrogens (tertiary/aromatic N) is 5. The number of nitriles is 1. The Balaban J connectivity index is 1.17. The number of fused-ring (bicyclic) bond motifs is 1. The van der Waals surface area contributed by atoms with Gasteiger partial charge in [-0.1, -0.05) is 6.07 Å². The molecule has 0 amide bonds. The molecule has 180 valence electrons. The van der Waals surface area contributed by atoms with E-state index in [2.05, 4.69) is 26.8 Å². The van der Waals surface area contributed by atoms with Crippen molar-refractivity contribution in [1.29, 1.82) is 5.26 Å². The lowest BCUT2D eigenvalue weighted by atomic mass is 10.1. The van der Waals surface area contributed by atoms with Crippen molar-refractivity contribution in [3.63, 3.8) is 0 Å². The summed E-state index contributed by atoms with van der Waals surface area (Å²) < 4.78 is 17.7. The number of piperazine rings is 1. The first-order valence-corrected chi connectivity index (χ1v) is 12.4. The summed E-state index contributed by atoms with van der Waals surface area (Å²) in [7, 11) is 0. The maximum Gasteiger partial charge on any atom is 0.233 e. The lowest BCUT2D eigenvalue weighted by Gasteiger charge is -2.37. The number of rotatable bonds is 6. The molecule has 0 saturated carbocycles. The van der Waals surface area contributed by atoms with E-state index in [1.807, 2.05) is 25.1 Å². The zero-order chi connectivity index (χ0) is 23.3. The maximum absolute atomic E-state index is 9.65. The molecular formula is C26H33N5O3. The van der Waals surface area contributed by atoms with Crippen LogP contribution in [-0.2, 0) is 0 Å². The normalized spacial score (nSPS) is 18.5. The van der Waals surface area contributed by atoms with Gasteiger partial charge in [-0.25, -0.2) is 0 Å². The molecular weight excluding hydrogens is 430 g/mol. The van der Waals surface area contributed by atoms with Crippen LogP contribution in [-0.4, -0.2) is 75.5 Å². The van der Waals surface area contributed by atoms with Crippen molar-refractivity contribution in [2.24, 2.45) is 0 Å². The number of benzene rings is 1. The van der Waals surface area contributed by atoms with Crippen LogP contribution in [0.4, 0.5) is 11.5 Å². The number of ether oxygens (including phenoxy) is 3. The minimum absolute atomic E-state index is 0.467. The highest BCUT2D eigenvalue weighted by Gasteiger charge is 2.24. The van der Waals surface area contributed by atoms with Gasteiger partial charge in [0.2, 0.25) is 5.88 Å². The zero-order valence-electron chi connectivity index (χ0n) is 20.0. The number of piperidine rings is 1. The Labute approximate surface area is 201 Å². The lowest BCUT2D eigenvalue weighted by molar-refractivity contribution is 0.170. The highest BCUT2D eigenvalue weighted by atomic mass is 16.6. The van der Waals surface area contributed by atoms with Gasteiger partial charge < -0.3 is 24.0 Å². The van der Waals surface area contributed by atoms with Gasteiger partial charge in [0.25, 0.3) is 0 Å². The highest BCUT2D eigenvalue weighted by Crippen LogP contribution is 2.39. The van der Waals surface area contributed by atoms with E-state index >= 15 is 0 Å². The van der Waals surface area contributed by atoms with Crippen molar-refractivity contribution in [3.8, 4) is 23.4 Å². The van der Waals surface area contributed by atoms with Crippen LogP contribution in [0.2, 0.25) is 0 Å². The fourth-order valence-corrected chi connectivity index (χ4v) is 4.94. The Morgan fingerprint density at radius 2 is 1.79 bits per heavy atom. The molecule has 1 aromatic heterocycles. The molecule has 0 bridgehead atoms. The molecule has 2 aromatic rings. The molecule has 0 N–H and O–H groups in total. The predicted octanol–water partition coefficient (Wildman–Crippen LogP) is 3.22. The summed E-state index contributed by atoms with van der Waals surface area (Å²) in [6.45, 7) is 10.3. The average molecular weight is 464 g/mol. The highest BCUT2D eigenvalue weighted by molar-refractivity contribution is 5.65. The van der Waals surface area contributed by atoms with Gasteiger partial charge in [0.1, 0.15) is 37.3 Å². The fraction of sp³-hybridized carbons (Fsp3) is 0.538. The molecule has 34 heavy (non-hydrogen) atoms. The van der Waals surface area contributed by atoms with E-state index in [1.165, 1.54) is 19.3 Å². The Hall–Kier alpha value is -3.18. The number of aryl methyl sites for hydroxylation is 1. The van der Waals surface area contributed by atoms with Gasteiger partial charge in [0.05, 0.1) is 5.69 Å². The van der Waals surface area contributed by atoms with Gasteiger partial charge in [0, 0.05) is 45.8 Å². The topological polar surface area (TPSA) is 74.1 Å². The summed E-state index contributed by atoms with van der Waals surface area (Å²) in [6.07, 6.45) is 3.65. The molecule has 0 radical (unpaired) electrons. The number of hydrogen-bond donors (Lipinski definition) is 0. The Morgan fingerprint density at radius 1 is 1.00 bits per heavy atom. The van der Waals surface area contributed by atoms with Gasteiger partial charge in [-0.2, -0.15) is 10.2 Å². The molecule has 0 atom stereocenters. The number of hydrogen-bond acceptors (Lipinski definition) is 8. The van der Waals surface area contributed by atoms with E-state index in [-0.39, 0.29) is 0 Å². The zero-order valence-corrected chi connectivity index (χ0v) is 20.0. The molecule has 8 heteroatoms. The molecule has 3 aliphatic heterocycles. The van der Waals surface area contributed by atoms with E-state index in [0.29, 0.717) is 31.3 Å². The average Bonchev–Trinajstić information content (AvgIpc) is 2.89. The van der Waals surface area contributed by atoms with E-state index in [0.717, 1.165) is 74.4 Å². The third kappa shape index (κ3) is 4.85.